The number of fused-ring (bicyclic) bond motifs is 4. The lowest BCUT2D eigenvalue weighted by Gasteiger charge is -2.42. The van der Waals surface area contributed by atoms with Gasteiger partial charge in [0.25, 0.3) is 0 Å². The molecule has 2 aliphatic rings. The number of para-hydroxylation sites is 2. The van der Waals surface area contributed by atoms with Gasteiger partial charge in [0.2, 0.25) is 0 Å². The molecule has 0 radical (unpaired) electrons. The van der Waals surface area contributed by atoms with Gasteiger partial charge in [0, 0.05) is 25.0 Å². The van der Waals surface area contributed by atoms with Crippen molar-refractivity contribution >= 4 is 11.0 Å². The van der Waals surface area contributed by atoms with Gasteiger partial charge in [-0.05, 0) is 72.5 Å². The second-order valence-electron chi connectivity index (χ2n) is 11.1. The number of imidazole rings is 1. The molecule has 0 amide bonds. The molecule has 38 heavy (non-hydrogen) atoms. The van der Waals surface area contributed by atoms with Gasteiger partial charge < -0.3 is 4.57 Å². The van der Waals surface area contributed by atoms with Gasteiger partial charge in [-0.25, -0.2) is 4.98 Å². The predicted octanol–water partition coefficient (Wildman–Crippen LogP) is 7.25. The van der Waals surface area contributed by atoms with Gasteiger partial charge in [-0.15, -0.1) is 0 Å². The lowest BCUT2D eigenvalue weighted by atomic mass is 9.75. The van der Waals surface area contributed by atoms with Crippen molar-refractivity contribution in [3.05, 3.63) is 137 Å². The van der Waals surface area contributed by atoms with Crippen molar-refractivity contribution in [2.24, 2.45) is 5.92 Å². The first kappa shape index (κ1) is 23.4. The Hall–Kier alpha value is -3.69. The third-order valence-corrected chi connectivity index (χ3v) is 8.85. The molecule has 7 rings (SSSR count). The normalized spacial score (nSPS) is 21.5. The van der Waals surface area contributed by atoms with E-state index in [1.807, 2.05) is 0 Å². The first-order valence-electron chi connectivity index (χ1n) is 14.2. The average Bonchev–Trinajstić information content (AvgIpc) is 3.24. The zero-order valence-corrected chi connectivity index (χ0v) is 21.9. The quantitative estimate of drug-likeness (QED) is 0.255. The van der Waals surface area contributed by atoms with E-state index in [0.717, 1.165) is 38.0 Å². The molecular weight excluding hydrogens is 462 g/mol. The summed E-state index contributed by atoms with van der Waals surface area (Å²) in [4.78, 5) is 8.05. The Bertz CT molecular complexity index is 1520. The van der Waals surface area contributed by atoms with Gasteiger partial charge in [0.15, 0.2) is 0 Å². The van der Waals surface area contributed by atoms with E-state index in [1.54, 1.807) is 0 Å². The van der Waals surface area contributed by atoms with Crippen LogP contribution in [-0.2, 0) is 25.9 Å². The minimum Gasteiger partial charge on any atom is -0.327 e. The number of hydrogen-bond donors (Lipinski definition) is 0. The van der Waals surface area contributed by atoms with Crippen LogP contribution in [0, 0.1) is 5.92 Å². The van der Waals surface area contributed by atoms with Gasteiger partial charge >= 0.3 is 0 Å². The van der Waals surface area contributed by atoms with Crippen LogP contribution in [0.3, 0.4) is 0 Å². The lowest BCUT2D eigenvalue weighted by Crippen LogP contribution is -2.44. The molecule has 0 bridgehead atoms. The van der Waals surface area contributed by atoms with Crippen LogP contribution in [0.15, 0.2) is 109 Å². The molecule has 3 heteroatoms. The van der Waals surface area contributed by atoms with Crippen LogP contribution < -0.4 is 0 Å². The number of aromatic nitrogens is 2. The van der Waals surface area contributed by atoms with Crippen molar-refractivity contribution in [3.63, 3.8) is 0 Å². The molecule has 3 atom stereocenters. The third-order valence-electron chi connectivity index (χ3n) is 8.85. The summed E-state index contributed by atoms with van der Waals surface area (Å²) in [6.45, 7) is 3.14. The van der Waals surface area contributed by atoms with Gasteiger partial charge in [0.05, 0.1) is 11.0 Å². The topological polar surface area (TPSA) is 21.1 Å². The summed E-state index contributed by atoms with van der Waals surface area (Å²) >= 11 is 0. The molecule has 190 valence electrons. The van der Waals surface area contributed by atoms with E-state index >= 15 is 0 Å². The van der Waals surface area contributed by atoms with Gasteiger partial charge in [-0.3, -0.25) is 4.90 Å². The predicted molar refractivity (Wildman–Crippen MR) is 155 cm³/mol. The van der Waals surface area contributed by atoms with Crippen molar-refractivity contribution in [2.75, 3.05) is 6.54 Å². The Balaban J connectivity index is 1.27. The fourth-order valence-corrected chi connectivity index (χ4v) is 7.03. The van der Waals surface area contributed by atoms with Gasteiger partial charge in [0.1, 0.15) is 5.82 Å². The van der Waals surface area contributed by atoms with E-state index in [-0.39, 0.29) is 0 Å². The van der Waals surface area contributed by atoms with Crippen LogP contribution in [0.2, 0.25) is 0 Å². The molecule has 5 aromatic rings. The molecule has 1 saturated heterocycles. The highest BCUT2D eigenvalue weighted by atomic mass is 15.2. The second-order valence-corrected chi connectivity index (χ2v) is 11.1. The molecule has 2 aliphatic heterocycles. The van der Waals surface area contributed by atoms with Crippen LogP contribution in [0.5, 0.6) is 0 Å². The second kappa shape index (κ2) is 10.2. The molecule has 4 aromatic carbocycles. The van der Waals surface area contributed by atoms with Crippen molar-refractivity contribution < 1.29 is 0 Å². The van der Waals surface area contributed by atoms with E-state index in [0.29, 0.717) is 17.9 Å². The summed E-state index contributed by atoms with van der Waals surface area (Å²) in [5.41, 5.74) is 8.26. The van der Waals surface area contributed by atoms with Crippen LogP contribution in [-0.4, -0.2) is 27.0 Å². The largest absolute Gasteiger partial charge is 0.327 e. The standard InChI is InChI=1S/C35H35N3/c1-3-11-26(12-4-1)23-30-24-29(19-21-37(30)25-27-13-5-2-6-14-27)34-31-16-8-7-15-28(31)20-22-38-33-18-10-9-17-32(33)36-35(34)38/h1-18,29-30,34H,19-25H2/t29-,30-,34?/m1/s1. The summed E-state index contributed by atoms with van der Waals surface area (Å²) in [5.74, 6) is 2.17. The molecule has 3 heterocycles. The van der Waals surface area contributed by atoms with Crippen molar-refractivity contribution in [3.8, 4) is 0 Å². The fraction of sp³-hybridized carbons (Fsp3) is 0.286. The van der Waals surface area contributed by atoms with Crippen molar-refractivity contribution in [1.29, 1.82) is 0 Å². The van der Waals surface area contributed by atoms with Crippen LogP contribution >= 0.6 is 0 Å². The Morgan fingerprint density at radius 1 is 0.711 bits per heavy atom. The number of piperidine rings is 1. The van der Waals surface area contributed by atoms with Crippen LogP contribution in [0.25, 0.3) is 11.0 Å². The highest BCUT2D eigenvalue weighted by molar-refractivity contribution is 5.76. The fourth-order valence-electron chi connectivity index (χ4n) is 7.03. The molecule has 0 spiro atoms. The summed E-state index contributed by atoms with van der Waals surface area (Å²) in [6.07, 6.45) is 4.54. The smallest absolute Gasteiger partial charge is 0.117 e. The maximum atomic E-state index is 5.31. The Labute approximate surface area is 225 Å². The van der Waals surface area contributed by atoms with E-state index in [9.17, 15) is 0 Å². The van der Waals surface area contributed by atoms with E-state index in [4.69, 9.17) is 4.98 Å². The summed E-state index contributed by atoms with van der Waals surface area (Å²) in [5, 5.41) is 0. The molecule has 0 saturated carbocycles. The number of nitrogens with zero attached hydrogens (tertiary/aromatic N) is 3. The Morgan fingerprint density at radius 2 is 1.42 bits per heavy atom. The Kier molecular flexibility index (Phi) is 6.31. The lowest BCUT2D eigenvalue weighted by molar-refractivity contribution is 0.0964. The number of likely N-dealkylation sites (tertiary alicyclic amines) is 1. The molecule has 1 unspecified atom stereocenters. The summed E-state index contributed by atoms with van der Waals surface area (Å²) < 4.78 is 2.53. The molecular formula is C35H35N3. The molecule has 0 N–H and O–H groups in total. The van der Waals surface area contributed by atoms with Gasteiger partial charge in [-0.1, -0.05) is 97.1 Å². The number of aryl methyl sites for hydroxylation is 2. The molecule has 1 fully saturated rings. The van der Waals surface area contributed by atoms with Crippen LogP contribution in [0.1, 0.15) is 46.8 Å². The SMILES string of the molecule is c1ccc(C[C@@H]2C[C@H](C3c4ccccc4CCn4c3nc3ccccc34)CCN2Cc2ccccc2)cc1. The third kappa shape index (κ3) is 4.46. The molecule has 1 aromatic heterocycles. The van der Waals surface area contributed by atoms with E-state index in [2.05, 4.69) is 119 Å². The maximum absolute atomic E-state index is 5.31. The molecule has 3 nitrogen and oxygen atoms in total. The maximum Gasteiger partial charge on any atom is 0.117 e. The highest BCUT2D eigenvalue weighted by Gasteiger charge is 2.38. The molecule has 0 aliphatic carbocycles. The highest BCUT2D eigenvalue weighted by Crippen LogP contribution is 2.43. The first-order chi connectivity index (χ1) is 18.8. The zero-order chi connectivity index (χ0) is 25.3. The van der Waals surface area contributed by atoms with Gasteiger partial charge in [-0.2, -0.15) is 0 Å². The number of benzene rings is 4. The zero-order valence-electron chi connectivity index (χ0n) is 21.9. The minimum absolute atomic E-state index is 0.332. The summed E-state index contributed by atoms with van der Waals surface area (Å²) in [7, 11) is 0. The number of hydrogen-bond acceptors (Lipinski definition) is 2. The monoisotopic (exact) mass is 497 g/mol. The Morgan fingerprint density at radius 3 is 2.26 bits per heavy atom. The average molecular weight is 498 g/mol. The first-order valence-corrected chi connectivity index (χ1v) is 14.2. The van der Waals surface area contributed by atoms with E-state index < -0.39 is 0 Å². The van der Waals surface area contributed by atoms with Crippen molar-refractivity contribution in [2.45, 2.75) is 50.7 Å². The van der Waals surface area contributed by atoms with E-state index in [1.165, 1.54) is 46.4 Å². The van der Waals surface area contributed by atoms with Crippen LogP contribution in [0.4, 0.5) is 0 Å². The number of rotatable bonds is 5. The summed E-state index contributed by atoms with van der Waals surface area (Å²) in [6, 6.07) is 40.5. The minimum atomic E-state index is 0.332. The van der Waals surface area contributed by atoms with Crippen molar-refractivity contribution in [1.82, 2.24) is 14.5 Å².